The zero-order valence-corrected chi connectivity index (χ0v) is 12.4. The Kier molecular flexibility index (Phi) is 4.11. The zero-order chi connectivity index (χ0) is 15.6. The van der Waals surface area contributed by atoms with E-state index in [0.29, 0.717) is 13.1 Å². The van der Waals surface area contributed by atoms with Crippen molar-refractivity contribution >= 4 is 11.8 Å². The lowest BCUT2D eigenvalue weighted by molar-refractivity contribution is -0.385. The third kappa shape index (κ3) is 3.90. The summed E-state index contributed by atoms with van der Waals surface area (Å²) in [4.78, 5) is 27.9. The molecule has 1 amide bonds. The van der Waals surface area contributed by atoms with Crippen LogP contribution in [0.3, 0.4) is 0 Å². The number of rotatable bonds is 2. The minimum atomic E-state index is -0.513. The maximum atomic E-state index is 12.0. The molecule has 1 unspecified atom stereocenters. The Morgan fingerprint density at radius 2 is 2.19 bits per heavy atom. The summed E-state index contributed by atoms with van der Waals surface area (Å²) in [6.45, 7) is 6.63. The van der Waals surface area contributed by atoms with E-state index in [4.69, 9.17) is 4.74 Å². The lowest BCUT2D eigenvalue weighted by Gasteiger charge is -2.24. The van der Waals surface area contributed by atoms with Crippen LogP contribution in [0.25, 0.3) is 0 Å². The summed E-state index contributed by atoms with van der Waals surface area (Å²) in [6, 6.07) is 3.10. The van der Waals surface area contributed by atoms with Crippen molar-refractivity contribution in [1.29, 1.82) is 0 Å². The fourth-order valence-corrected chi connectivity index (χ4v) is 2.24. The molecule has 0 radical (unpaired) electrons. The van der Waals surface area contributed by atoms with Crippen LogP contribution in [0.4, 0.5) is 10.5 Å². The first-order valence-electron chi connectivity index (χ1n) is 6.84. The second kappa shape index (κ2) is 5.67. The van der Waals surface area contributed by atoms with Crippen molar-refractivity contribution < 1.29 is 14.5 Å². The maximum absolute atomic E-state index is 12.0. The monoisotopic (exact) mass is 293 g/mol. The van der Waals surface area contributed by atoms with Crippen molar-refractivity contribution in [2.75, 3.05) is 13.1 Å². The molecule has 7 heteroatoms. The summed E-state index contributed by atoms with van der Waals surface area (Å²) in [5.74, 6) is 0.0957. The van der Waals surface area contributed by atoms with Crippen molar-refractivity contribution in [1.82, 2.24) is 9.88 Å². The van der Waals surface area contributed by atoms with E-state index in [2.05, 4.69) is 4.98 Å². The fourth-order valence-electron chi connectivity index (χ4n) is 2.24. The number of hydrogen-bond acceptors (Lipinski definition) is 5. The number of nitrogens with zero attached hydrogens (tertiary/aromatic N) is 3. The molecule has 0 aliphatic carbocycles. The third-order valence-corrected chi connectivity index (χ3v) is 3.24. The van der Waals surface area contributed by atoms with Gasteiger partial charge in [-0.3, -0.25) is 15.1 Å². The van der Waals surface area contributed by atoms with Gasteiger partial charge in [0.2, 0.25) is 0 Å². The molecule has 7 nitrogen and oxygen atoms in total. The number of carbonyl (C=O) groups excluding carboxylic acids is 1. The molecule has 1 aliphatic rings. The van der Waals surface area contributed by atoms with Gasteiger partial charge in [0.25, 0.3) is 5.69 Å². The number of amides is 1. The topological polar surface area (TPSA) is 85.6 Å². The van der Waals surface area contributed by atoms with Crippen LogP contribution in [0.5, 0.6) is 0 Å². The van der Waals surface area contributed by atoms with Gasteiger partial charge >= 0.3 is 6.09 Å². The third-order valence-electron chi connectivity index (χ3n) is 3.24. The molecular weight excluding hydrogens is 274 g/mol. The number of nitro groups is 1. The highest BCUT2D eigenvalue weighted by molar-refractivity contribution is 5.68. The first-order valence-corrected chi connectivity index (χ1v) is 6.84. The van der Waals surface area contributed by atoms with Gasteiger partial charge in [-0.2, -0.15) is 0 Å². The standard InChI is InChI=1S/C14H19N3O4/c1-14(2,3)21-13(18)16-7-6-10(9-16)12-5-4-11(8-15-12)17(19)20/h4-5,8,10H,6-7,9H2,1-3H3. The van der Waals surface area contributed by atoms with Crippen molar-refractivity contribution in [2.24, 2.45) is 0 Å². The molecule has 0 N–H and O–H groups in total. The van der Waals surface area contributed by atoms with Crippen LogP contribution in [0, 0.1) is 10.1 Å². The zero-order valence-electron chi connectivity index (χ0n) is 12.4. The molecule has 1 fully saturated rings. The van der Waals surface area contributed by atoms with Crippen molar-refractivity contribution in [3.05, 3.63) is 34.1 Å². The Morgan fingerprint density at radius 1 is 1.48 bits per heavy atom. The summed E-state index contributed by atoms with van der Waals surface area (Å²) in [6.07, 6.45) is 1.71. The molecule has 21 heavy (non-hydrogen) atoms. The first kappa shape index (κ1) is 15.2. The Hall–Kier alpha value is -2.18. The van der Waals surface area contributed by atoms with E-state index < -0.39 is 10.5 Å². The fraction of sp³-hybridized carbons (Fsp3) is 0.571. The van der Waals surface area contributed by atoms with E-state index in [-0.39, 0.29) is 17.7 Å². The number of pyridine rings is 1. The van der Waals surface area contributed by atoms with Gasteiger partial charge in [-0.15, -0.1) is 0 Å². The molecule has 0 aromatic carbocycles. The molecular formula is C14H19N3O4. The second-order valence-corrected chi connectivity index (χ2v) is 6.11. The molecule has 1 aromatic heterocycles. The summed E-state index contributed by atoms with van der Waals surface area (Å²) in [5.41, 5.74) is 0.230. The van der Waals surface area contributed by atoms with Gasteiger partial charge in [0.1, 0.15) is 11.8 Å². The van der Waals surface area contributed by atoms with Gasteiger partial charge < -0.3 is 9.64 Å². The average molecular weight is 293 g/mol. The van der Waals surface area contributed by atoms with Crippen LogP contribution in [0.1, 0.15) is 38.8 Å². The minimum Gasteiger partial charge on any atom is -0.444 e. The Labute approximate surface area is 123 Å². The highest BCUT2D eigenvalue weighted by atomic mass is 16.6. The first-order chi connectivity index (χ1) is 9.76. The smallest absolute Gasteiger partial charge is 0.410 e. The van der Waals surface area contributed by atoms with Crippen LogP contribution < -0.4 is 0 Å². The number of aromatic nitrogens is 1. The van der Waals surface area contributed by atoms with E-state index in [1.165, 1.54) is 12.3 Å². The van der Waals surface area contributed by atoms with E-state index >= 15 is 0 Å². The SMILES string of the molecule is CC(C)(C)OC(=O)N1CCC(c2ccc([N+](=O)[O-])cn2)C1. The van der Waals surface area contributed by atoms with E-state index in [1.807, 2.05) is 20.8 Å². The number of hydrogen-bond donors (Lipinski definition) is 0. The van der Waals surface area contributed by atoms with Crippen LogP contribution in [0.2, 0.25) is 0 Å². The summed E-state index contributed by atoms with van der Waals surface area (Å²) in [7, 11) is 0. The highest BCUT2D eigenvalue weighted by Crippen LogP contribution is 2.27. The van der Waals surface area contributed by atoms with E-state index in [0.717, 1.165) is 12.1 Å². The predicted octanol–water partition coefficient (Wildman–Crippen LogP) is 2.71. The van der Waals surface area contributed by atoms with Crippen molar-refractivity contribution in [3.63, 3.8) is 0 Å². The molecule has 1 aliphatic heterocycles. The van der Waals surface area contributed by atoms with Crippen LogP contribution in [-0.2, 0) is 4.74 Å². The van der Waals surface area contributed by atoms with Crippen molar-refractivity contribution in [2.45, 2.75) is 38.7 Å². The Morgan fingerprint density at radius 3 is 2.71 bits per heavy atom. The normalized spacial score (nSPS) is 18.6. The summed E-state index contributed by atoms with van der Waals surface area (Å²) < 4.78 is 5.33. The van der Waals surface area contributed by atoms with Gasteiger partial charge in [-0.25, -0.2) is 4.79 Å². The van der Waals surface area contributed by atoms with Gasteiger partial charge in [-0.05, 0) is 33.3 Å². The Balaban J connectivity index is 1.99. The molecule has 2 rings (SSSR count). The molecule has 1 saturated heterocycles. The van der Waals surface area contributed by atoms with Crippen LogP contribution in [-0.4, -0.2) is 39.6 Å². The molecule has 0 spiro atoms. The molecule has 1 aromatic rings. The second-order valence-electron chi connectivity index (χ2n) is 6.11. The lowest BCUT2D eigenvalue weighted by Crippen LogP contribution is -2.35. The Bertz CT molecular complexity index is 536. The molecule has 1 atom stereocenters. The maximum Gasteiger partial charge on any atom is 0.410 e. The van der Waals surface area contributed by atoms with Gasteiger partial charge in [-0.1, -0.05) is 0 Å². The van der Waals surface area contributed by atoms with Gasteiger partial charge in [0, 0.05) is 30.8 Å². The molecule has 0 bridgehead atoms. The number of carbonyl (C=O) groups is 1. The van der Waals surface area contributed by atoms with Crippen molar-refractivity contribution in [3.8, 4) is 0 Å². The number of ether oxygens (including phenoxy) is 1. The van der Waals surface area contributed by atoms with Crippen LogP contribution >= 0.6 is 0 Å². The molecule has 114 valence electrons. The minimum absolute atomic E-state index is 0.0271. The molecule has 2 heterocycles. The van der Waals surface area contributed by atoms with Gasteiger partial charge in [0.15, 0.2) is 0 Å². The van der Waals surface area contributed by atoms with E-state index in [1.54, 1.807) is 11.0 Å². The average Bonchev–Trinajstić information content (AvgIpc) is 2.86. The predicted molar refractivity (Wildman–Crippen MR) is 76.1 cm³/mol. The largest absolute Gasteiger partial charge is 0.444 e. The lowest BCUT2D eigenvalue weighted by atomic mass is 10.0. The summed E-state index contributed by atoms with van der Waals surface area (Å²) in [5, 5.41) is 10.6. The molecule has 0 saturated carbocycles. The number of likely N-dealkylation sites (tertiary alicyclic amines) is 1. The quantitative estimate of drug-likeness (QED) is 0.618. The van der Waals surface area contributed by atoms with E-state index in [9.17, 15) is 14.9 Å². The summed E-state index contributed by atoms with van der Waals surface area (Å²) >= 11 is 0. The highest BCUT2D eigenvalue weighted by Gasteiger charge is 2.31. The van der Waals surface area contributed by atoms with Crippen LogP contribution in [0.15, 0.2) is 18.3 Å². The van der Waals surface area contributed by atoms with Gasteiger partial charge in [0.05, 0.1) is 4.92 Å².